The van der Waals surface area contributed by atoms with Crippen molar-refractivity contribution < 1.29 is 13.2 Å². The number of nitrogens with zero attached hydrogens (tertiary/aromatic N) is 4. The fraction of sp³-hybridized carbons (Fsp3) is 0.429. The zero-order valence-electron chi connectivity index (χ0n) is 17.0. The monoisotopic (exact) mass is 441 g/mol. The molecule has 0 aromatic carbocycles. The van der Waals surface area contributed by atoms with Gasteiger partial charge in [0.2, 0.25) is 0 Å². The predicted molar refractivity (Wildman–Crippen MR) is 116 cm³/mol. The zero-order valence-corrected chi connectivity index (χ0v) is 17.8. The Labute approximate surface area is 179 Å². The Balaban J connectivity index is 1.74. The number of hydrogen-bond donors (Lipinski definition) is 1. The van der Waals surface area contributed by atoms with Gasteiger partial charge in [0.05, 0.1) is 17.1 Å². The fourth-order valence-corrected chi connectivity index (χ4v) is 5.70. The molecule has 1 N–H and O–H groups in total. The molecule has 162 valence electrons. The number of sulfone groups is 1. The molecule has 2 saturated heterocycles. The van der Waals surface area contributed by atoms with Crippen LogP contribution in [-0.2, 0) is 14.6 Å². The number of pyridine rings is 1. The van der Waals surface area contributed by atoms with E-state index in [0.717, 1.165) is 32.4 Å². The van der Waals surface area contributed by atoms with Gasteiger partial charge >= 0.3 is 0 Å². The van der Waals surface area contributed by atoms with E-state index in [1.165, 1.54) is 10.5 Å². The third kappa shape index (κ3) is 4.46. The topological polar surface area (TPSA) is 125 Å². The maximum Gasteiger partial charge on any atom is 0.267 e. The predicted octanol–water partition coefficient (Wildman–Crippen LogP) is 0.895. The molecule has 0 radical (unpaired) electrons. The third-order valence-corrected chi connectivity index (χ3v) is 7.39. The van der Waals surface area contributed by atoms with Gasteiger partial charge in [-0.1, -0.05) is 6.07 Å². The number of aromatic nitrogens is 2. The van der Waals surface area contributed by atoms with Crippen molar-refractivity contribution in [3.63, 3.8) is 0 Å². The third-order valence-electron chi connectivity index (χ3n) is 5.63. The number of piperidine rings is 1. The molecule has 9 nitrogen and oxygen atoms in total. The lowest BCUT2D eigenvalue weighted by Gasteiger charge is -2.29. The zero-order chi connectivity index (χ0) is 22.0. The summed E-state index contributed by atoms with van der Waals surface area (Å²) in [5, 5.41) is 12.2. The van der Waals surface area contributed by atoms with Crippen molar-refractivity contribution in [3.8, 4) is 6.07 Å². The largest absolute Gasteiger partial charge is 0.356 e. The van der Waals surface area contributed by atoms with Gasteiger partial charge < -0.3 is 10.2 Å². The average Bonchev–Trinajstić information content (AvgIpc) is 3.11. The van der Waals surface area contributed by atoms with Crippen molar-refractivity contribution >= 4 is 33.3 Å². The smallest absolute Gasteiger partial charge is 0.267 e. The number of fused-ring (bicyclic) bond motifs is 1. The van der Waals surface area contributed by atoms with Gasteiger partial charge in [0.1, 0.15) is 23.1 Å². The van der Waals surface area contributed by atoms with E-state index >= 15 is 0 Å². The summed E-state index contributed by atoms with van der Waals surface area (Å²) in [6.45, 7) is 1.48. The summed E-state index contributed by atoms with van der Waals surface area (Å²) in [6, 6.07) is 6.56. The summed E-state index contributed by atoms with van der Waals surface area (Å²) in [6.07, 6.45) is 6.23. The van der Waals surface area contributed by atoms with Gasteiger partial charge in [-0.2, -0.15) is 5.26 Å². The molecule has 2 aromatic rings. The number of nitrogens with one attached hydrogen (secondary N) is 1. The minimum Gasteiger partial charge on any atom is -0.356 e. The van der Waals surface area contributed by atoms with Crippen LogP contribution in [0.1, 0.15) is 31.2 Å². The molecular weight excluding hydrogens is 418 g/mol. The Bertz CT molecular complexity index is 1250. The summed E-state index contributed by atoms with van der Waals surface area (Å²) in [5.41, 5.74) is 0.0493. The molecule has 0 bridgehead atoms. The van der Waals surface area contributed by atoms with Crippen LogP contribution in [-0.4, -0.2) is 54.3 Å². The SMILES string of the molecule is N#C/C(=C\c1c(N2CCCCC2)nc2ccccn2c1=O)C(=O)N[C@H]1CCS(=O)(=O)C1. The summed E-state index contributed by atoms with van der Waals surface area (Å²) in [7, 11) is -3.17. The van der Waals surface area contributed by atoms with E-state index < -0.39 is 21.8 Å². The van der Waals surface area contributed by atoms with Crippen LogP contribution in [0.4, 0.5) is 5.82 Å². The van der Waals surface area contributed by atoms with Gasteiger partial charge in [0, 0.05) is 25.3 Å². The molecule has 0 unspecified atom stereocenters. The van der Waals surface area contributed by atoms with Crippen LogP contribution in [0.5, 0.6) is 0 Å². The van der Waals surface area contributed by atoms with Crippen LogP contribution in [0.25, 0.3) is 11.7 Å². The molecule has 31 heavy (non-hydrogen) atoms. The Morgan fingerprint density at radius 2 is 2.03 bits per heavy atom. The number of nitriles is 1. The second kappa shape index (κ2) is 8.51. The lowest BCUT2D eigenvalue weighted by Crippen LogP contribution is -2.36. The molecule has 0 spiro atoms. The first-order valence-electron chi connectivity index (χ1n) is 10.3. The Hall–Kier alpha value is -3.19. The number of anilines is 1. The number of carbonyl (C=O) groups excluding carboxylic acids is 1. The van der Waals surface area contributed by atoms with Gasteiger partial charge in [0.25, 0.3) is 11.5 Å². The fourth-order valence-electron chi connectivity index (χ4n) is 4.03. The summed E-state index contributed by atoms with van der Waals surface area (Å²) in [4.78, 5) is 32.6. The molecule has 2 aliphatic heterocycles. The van der Waals surface area contributed by atoms with E-state index in [0.29, 0.717) is 17.9 Å². The highest BCUT2D eigenvalue weighted by Gasteiger charge is 2.30. The molecule has 2 fully saturated rings. The molecule has 2 aliphatic rings. The first kappa shape index (κ1) is 21.1. The molecule has 1 atom stereocenters. The Morgan fingerprint density at radius 3 is 2.71 bits per heavy atom. The standard InChI is InChI=1S/C21H23N5O4S/c22-13-15(20(27)23-16-7-11-31(29,30)14-16)12-17-19(25-8-3-1-4-9-25)24-18-6-2-5-10-26(18)21(17)28/h2,5-6,10,12,16H,1,3-4,7-9,11,14H2,(H,23,27)/b15-12+/t16-/m0/s1. The van der Waals surface area contributed by atoms with Crippen LogP contribution in [0.2, 0.25) is 0 Å². The van der Waals surface area contributed by atoms with Crippen LogP contribution in [0.15, 0.2) is 34.8 Å². The Morgan fingerprint density at radius 1 is 1.26 bits per heavy atom. The second-order valence-electron chi connectivity index (χ2n) is 7.87. The van der Waals surface area contributed by atoms with Crippen molar-refractivity contribution in [1.29, 1.82) is 5.26 Å². The van der Waals surface area contributed by atoms with Gasteiger partial charge in [-0.25, -0.2) is 13.4 Å². The quantitative estimate of drug-likeness (QED) is 0.552. The van der Waals surface area contributed by atoms with E-state index in [1.807, 2.05) is 11.0 Å². The van der Waals surface area contributed by atoms with Crippen LogP contribution < -0.4 is 15.8 Å². The van der Waals surface area contributed by atoms with Crippen molar-refractivity contribution in [2.45, 2.75) is 31.7 Å². The van der Waals surface area contributed by atoms with Crippen molar-refractivity contribution in [3.05, 3.63) is 45.9 Å². The number of hydrogen-bond acceptors (Lipinski definition) is 7. The van der Waals surface area contributed by atoms with Crippen LogP contribution >= 0.6 is 0 Å². The highest BCUT2D eigenvalue weighted by atomic mass is 32.2. The minimum absolute atomic E-state index is 0.0125. The molecule has 4 rings (SSSR count). The highest BCUT2D eigenvalue weighted by molar-refractivity contribution is 7.91. The second-order valence-corrected chi connectivity index (χ2v) is 10.1. The summed E-state index contributed by atoms with van der Waals surface area (Å²) >= 11 is 0. The van der Waals surface area contributed by atoms with Gasteiger partial charge in [0.15, 0.2) is 9.84 Å². The average molecular weight is 442 g/mol. The van der Waals surface area contributed by atoms with Gasteiger partial charge in [-0.15, -0.1) is 0 Å². The van der Waals surface area contributed by atoms with E-state index in [4.69, 9.17) is 0 Å². The lowest BCUT2D eigenvalue weighted by molar-refractivity contribution is -0.117. The maximum atomic E-state index is 13.2. The minimum atomic E-state index is -3.17. The van der Waals surface area contributed by atoms with E-state index in [-0.39, 0.29) is 28.2 Å². The molecule has 0 saturated carbocycles. The molecular formula is C21H23N5O4S. The van der Waals surface area contributed by atoms with Crippen LogP contribution in [0, 0.1) is 11.3 Å². The van der Waals surface area contributed by atoms with Gasteiger partial charge in [-0.05, 0) is 43.9 Å². The number of rotatable bonds is 4. The molecule has 0 aliphatic carbocycles. The Kier molecular flexibility index (Phi) is 5.78. The molecule has 4 heterocycles. The number of amides is 1. The summed E-state index contributed by atoms with van der Waals surface area (Å²) < 4.78 is 24.7. The molecule has 10 heteroatoms. The molecule has 2 aromatic heterocycles. The normalized spacial score (nSPS) is 21.1. The van der Waals surface area contributed by atoms with Crippen LogP contribution in [0.3, 0.4) is 0 Å². The first-order chi connectivity index (χ1) is 14.9. The lowest BCUT2D eigenvalue weighted by atomic mass is 10.1. The van der Waals surface area contributed by atoms with E-state index in [1.54, 1.807) is 24.4 Å². The van der Waals surface area contributed by atoms with E-state index in [9.17, 15) is 23.3 Å². The number of carbonyl (C=O) groups is 1. The van der Waals surface area contributed by atoms with Crippen molar-refractivity contribution in [1.82, 2.24) is 14.7 Å². The van der Waals surface area contributed by atoms with Gasteiger partial charge in [-0.3, -0.25) is 14.0 Å². The molecule has 1 amide bonds. The summed E-state index contributed by atoms with van der Waals surface area (Å²) in [5.74, 6) is -0.360. The highest BCUT2D eigenvalue weighted by Crippen LogP contribution is 2.23. The first-order valence-corrected chi connectivity index (χ1v) is 12.1. The van der Waals surface area contributed by atoms with Crippen molar-refractivity contribution in [2.75, 3.05) is 29.5 Å². The maximum absolute atomic E-state index is 13.2. The van der Waals surface area contributed by atoms with E-state index in [2.05, 4.69) is 10.3 Å². The van der Waals surface area contributed by atoms with Crippen molar-refractivity contribution in [2.24, 2.45) is 0 Å².